The highest BCUT2D eigenvalue weighted by molar-refractivity contribution is 7.99. The molecule has 4 heteroatoms. The molecule has 0 aromatic heterocycles. The van der Waals surface area contributed by atoms with E-state index in [-0.39, 0.29) is 0 Å². The number of hydrogen-bond donors (Lipinski definition) is 1. The third-order valence-electron chi connectivity index (χ3n) is 3.99. The lowest BCUT2D eigenvalue weighted by Crippen LogP contribution is -2.06. The van der Waals surface area contributed by atoms with Crippen molar-refractivity contribution in [2.45, 2.75) is 42.4 Å². The minimum absolute atomic E-state index is 0.463. The van der Waals surface area contributed by atoms with Crippen molar-refractivity contribution >= 4 is 17.7 Å². The zero-order valence-corrected chi connectivity index (χ0v) is 12.5. The van der Waals surface area contributed by atoms with Gasteiger partial charge in [0.2, 0.25) is 0 Å². The Labute approximate surface area is 123 Å². The monoisotopic (exact) mass is 292 g/mol. The fourth-order valence-electron chi connectivity index (χ4n) is 2.68. The first kappa shape index (κ1) is 14.0. The Bertz CT molecular complexity index is 519. The Balaban J connectivity index is 1.99. The summed E-state index contributed by atoms with van der Waals surface area (Å²) in [6.45, 7) is 0.705. The van der Waals surface area contributed by atoms with Crippen molar-refractivity contribution in [3.05, 3.63) is 28.8 Å². The van der Waals surface area contributed by atoms with Crippen molar-refractivity contribution in [1.82, 2.24) is 0 Å². The van der Waals surface area contributed by atoms with Crippen LogP contribution in [0.1, 0.15) is 59.0 Å². The van der Waals surface area contributed by atoms with Crippen molar-refractivity contribution < 1.29 is 14.6 Å². The van der Waals surface area contributed by atoms with Gasteiger partial charge in [0, 0.05) is 17.8 Å². The Hall–Kier alpha value is -1.00. The zero-order valence-electron chi connectivity index (χ0n) is 11.7. The van der Waals surface area contributed by atoms with Crippen LogP contribution in [0.5, 0.6) is 0 Å². The van der Waals surface area contributed by atoms with Crippen LogP contribution in [0.3, 0.4) is 0 Å². The van der Waals surface area contributed by atoms with Gasteiger partial charge in [-0.3, -0.25) is 0 Å². The summed E-state index contributed by atoms with van der Waals surface area (Å²) in [4.78, 5) is 12.7. The van der Waals surface area contributed by atoms with Crippen molar-refractivity contribution in [3.63, 3.8) is 0 Å². The molecule has 2 saturated carbocycles. The number of hydrogen-bond acceptors (Lipinski definition) is 3. The molecular formula is C16H20O3S. The summed E-state index contributed by atoms with van der Waals surface area (Å²) in [7, 11) is 1.71. The Morgan fingerprint density at radius 2 is 2.00 bits per heavy atom. The van der Waals surface area contributed by atoms with E-state index in [0.29, 0.717) is 24.0 Å². The second-order valence-corrected chi connectivity index (χ2v) is 6.75. The van der Waals surface area contributed by atoms with Crippen molar-refractivity contribution in [1.29, 1.82) is 0 Å². The maximum atomic E-state index is 11.5. The van der Waals surface area contributed by atoms with E-state index in [4.69, 9.17) is 4.74 Å². The first-order chi connectivity index (χ1) is 9.72. The summed E-state index contributed by atoms with van der Waals surface area (Å²) < 4.78 is 5.14. The van der Waals surface area contributed by atoms with Crippen LogP contribution >= 0.6 is 11.8 Å². The summed E-state index contributed by atoms with van der Waals surface area (Å²) in [6.07, 6.45) is 4.75. The van der Waals surface area contributed by atoms with Gasteiger partial charge in [-0.05, 0) is 54.7 Å². The van der Waals surface area contributed by atoms with Crippen LogP contribution in [-0.2, 0) is 4.74 Å². The van der Waals surface area contributed by atoms with Gasteiger partial charge in [0.15, 0.2) is 0 Å². The lowest BCUT2D eigenvalue weighted by molar-refractivity contribution is 0.0695. The van der Waals surface area contributed by atoms with E-state index in [0.717, 1.165) is 24.2 Å². The number of ether oxygens (including phenoxy) is 1. The summed E-state index contributed by atoms with van der Waals surface area (Å²) in [6, 6.07) is 3.87. The van der Waals surface area contributed by atoms with Gasteiger partial charge in [-0.1, -0.05) is 6.07 Å². The fourth-order valence-corrected chi connectivity index (χ4v) is 3.97. The summed E-state index contributed by atoms with van der Waals surface area (Å²) in [5.41, 5.74) is 2.98. The Kier molecular flexibility index (Phi) is 4.03. The molecule has 2 aliphatic rings. The number of carboxylic acid groups (broad SMARTS) is 1. The summed E-state index contributed by atoms with van der Waals surface area (Å²) in [5, 5.41) is 9.45. The van der Waals surface area contributed by atoms with Gasteiger partial charge >= 0.3 is 5.97 Å². The molecule has 0 radical (unpaired) electrons. The lowest BCUT2D eigenvalue weighted by atomic mass is 9.98. The molecule has 0 amide bonds. The second kappa shape index (κ2) is 5.78. The molecule has 3 nitrogen and oxygen atoms in total. The minimum Gasteiger partial charge on any atom is -0.478 e. The molecule has 1 N–H and O–H groups in total. The number of carbonyl (C=O) groups is 1. The molecule has 0 saturated heterocycles. The van der Waals surface area contributed by atoms with E-state index in [1.165, 1.54) is 23.3 Å². The topological polar surface area (TPSA) is 46.5 Å². The highest BCUT2D eigenvalue weighted by Crippen LogP contribution is 2.51. The number of benzene rings is 1. The van der Waals surface area contributed by atoms with Gasteiger partial charge in [0.25, 0.3) is 0 Å². The highest BCUT2D eigenvalue weighted by Gasteiger charge is 2.35. The average Bonchev–Trinajstić information content (AvgIpc) is 3.28. The molecule has 0 unspecified atom stereocenters. The van der Waals surface area contributed by atoms with Crippen LogP contribution < -0.4 is 0 Å². The van der Waals surface area contributed by atoms with Crippen LogP contribution in [0.4, 0.5) is 0 Å². The molecule has 2 aliphatic carbocycles. The largest absolute Gasteiger partial charge is 0.478 e. The molecule has 3 rings (SSSR count). The van der Waals surface area contributed by atoms with Gasteiger partial charge in [-0.2, -0.15) is 0 Å². The molecule has 0 atom stereocenters. The average molecular weight is 292 g/mol. The van der Waals surface area contributed by atoms with Crippen molar-refractivity contribution in [2.75, 3.05) is 19.5 Å². The van der Waals surface area contributed by atoms with E-state index in [9.17, 15) is 9.90 Å². The van der Waals surface area contributed by atoms with Gasteiger partial charge in [-0.25, -0.2) is 4.79 Å². The number of rotatable bonds is 7. The maximum absolute atomic E-state index is 11.5. The Morgan fingerprint density at radius 3 is 2.55 bits per heavy atom. The highest BCUT2D eigenvalue weighted by atomic mass is 32.2. The van der Waals surface area contributed by atoms with E-state index in [2.05, 4.69) is 0 Å². The van der Waals surface area contributed by atoms with Gasteiger partial charge in [-0.15, -0.1) is 11.8 Å². The van der Waals surface area contributed by atoms with Crippen LogP contribution in [0.25, 0.3) is 0 Å². The molecule has 0 spiro atoms. The molecule has 0 heterocycles. The van der Waals surface area contributed by atoms with E-state index < -0.39 is 5.97 Å². The SMILES string of the molecule is COCCSc1c(C2CC2)ccc(C(=O)O)c1C1CC1. The third kappa shape index (κ3) is 2.86. The van der Waals surface area contributed by atoms with Crippen LogP contribution in [0.2, 0.25) is 0 Å². The molecule has 0 bridgehead atoms. The van der Waals surface area contributed by atoms with Gasteiger partial charge in [0.1, 0.15) is 0 Å². The second-order valence-electron chi connectivity index (χ2n) is 5.64. The van der Waals surface area contributed by atoms with E-state index in [1.807, 2.05) is 12.1 Å². The number of methoxy groups -OCH3 is 1. The predicted molar refractivity (Wildman–Crippen MR) is 80.0 cm³/mol. The van der Waals surface area contributed by atoms with Crippen LogP contribution in [0.15, 0.2) is 17.0 Å². The van der Waals surface area contributed by atoms with E-state index >= 15 is 0 Å². The third-order valence-corrected chi connectivity index (χ3v) is 5.11. The van der Waals surface area contributed by atoms with Gasteiger partial charge in [0.05, 0.1) is 12.2 Å². The zero-order chi connectivity index (χ0) is 14.1. The van der Waals surface area contributed by atoms with Crippen molar-refractivity contribution in [2.24, 2.45) is 0 Å². The molecule has 1 aromatic rings. The fraction of sp³-hybridized carbons (Fsp3) is 0.562. The van der Waals surface area contributed by atoms with Crippen LogP contribution in [0, 0.1) is 0 Å². The first-order valence-corrected chi connectivity index (χ1v) is 8.22. The smallest absolute Gasteiger partial charge is 0.336 e. The lowest BCUT2D eigenvalue weighted by Gasteiger charge is -2.16. The molecule has 1 aromatic carbocycles. The summed E-state index contributed by atoms with van der Waals surface area (Å²) >= 11 is 1.78. The molecular weight excluding hydrogens is 272 g/mol. The van der Waals surface area contributed by atoms with E-state index in [1.54, 1.807) is 18.9 Å². The first-order valence-electron chi connectivity index (χ1n) is 7.24. The normalized spacial score (nSPS) is 18.2. The maximum Gasteiger partial charge on any atom is 0.336 e. The Morgan fingerprint density at radius 1 is 1.30 bits per heavy atom. The standard InChI is InChI=1S/C16H20O3S/c1-19-8-9-20-15-12(10-2-3-10)6-7-13(16(17)18)14(15)11-4-5-11/h6-7,10-11H,2-5,8-9H2,1H3,(H,17,18). The number of thioether (sulfide) groups is 1. The van der Waals surface area contributed by atoms with Crippen molar-refractivity contribution in [3.8, 4) is 0 Å². The predicted octanol–water partition coefficient (Wildman–Crippen LogP) is 3.88. The molecule has 20 heavy (non-hydrogen) atoms. The molecule has 2 fully saturated rings. The minimum atomic E-state index is -0.789. The number of carboxylic acids is 1. The van der Waals surface area contributed by atoms with Crippen LogP contribution in [-0.4, -0.2) is 30.5 Å². The molecule has 0 aliphatic heterocycles. The van der Waals surface area contributed by atoms with Gasteiger partial charge < -0.3 is 9.84 Å². The molecule has 108 valence electrons. The number of aromatic carboxylic acids is 1. The summed E-state index contributed by atoms with van der Waals surface area (Å²) in [5.74, 6) is 1.21. The quantitative estimate of drug-likeness (QED) is 0.612.